The summed E-state index contributed by atoms with van der Waals surface area (Å²) in [6.07, 6.45) is 2.93. The largest absolute Gasteiger partial charge is 0.468 e. The minimum Gasteiger partial charge on any atom is -0.468 e. The number of hydrogen-bond acceptors (Lipinski definition) is 3. The standard InChI is InChI=1S/C13H24N2O/c1-4-7-14-9-12(2)10-15(3)11-13-6-5-8-16-13/h5-6,8,12,14H,4,7,9-11H2,1-3H3. The van der Waals surface area contributed by atoms with E-state index in [9.17, 15) is 0 Å². The van der Waals surface area contributed by atoms with Gasteiger partial charge in [0.15, 0.2) is 0 Å². The van der Waals surface area contributed by atoms with Gasteiger partial charge in [-0.25, -0.2) is 0 Å². The van der Waals surface area contributed by atoms with Crippen molar-refractivity contribution in [2.24, 2.45) is 5.92 Å². The molecule has 0 bridgehead atoms. The van der Waals surface area contributed by atoms with Crippen LogP contribution >= 0.6 is 0 Å². The monoisotopic (exact) mass is 224 g/mol. The van der Waals surface area contributed by atoms with Crippen LogP contribution in [0, 0.1) is 5.92 Å². The Kier molecular flexibility index (Phi) is 6.19. The molecule has 3 heteroatoms. The molecule has 1 unspecified atom stereocenters. The molecule has 0 fully saturated rings. The fraction of sp³-hybridized carbons (Fsp3) is 0.692. The second-order valence-corrected chi connectivity index (χ2v) is 4.59. The van der Waals surface area contributed by atoms with Crippen LogP contribution < -0.4 is 5.32 Å². The number of nitrogens with zero attached hydrogens (tertiary/aromatic N) is 1. The third kappa shape index (κ3) is 5.33. The maximum Gasteiger partial charge on any atom is 0.117 e. The van der Waals surface area contributed by atoms with Gasteiger partial charge >= 0.3 is 0 Å². The van der Waals surface area contributed by atoms with Crippen molar-refractivity contribution in [2.75, 3.05) is 26.7 Å². The number of nitrogens with one attached hydrogen (secondary N) is 1. The molecule has 0 aromatic carbocycles. The van der Waals surface area contributed by atoms with Crippen molar-refractivity contribution in [3.63, 3.8) is 0 Å². The van der Waals surface area contributed by atoms with Crippen LogP contribution in [0.3, 0.4) is 0 Å². The Morgan fingerprint density at radius 2 is 2.31 bits per heavy atom. The van der Waals surface area contributed by atoms with Gasteiger partial charge in [0.05, 0.1) is 12.8 Å². The average molecular weight is 224 g/mol. The molecule has 0 aliphatic heterocycles. The molecule has 0 radical (unpaired) electrons. The minimum atomic E-state index is 0.673. The zero-order valence-corrected chi connectivity index (χ0v) is 10.7. The molecular formula is C13H24N2O. The molecule has 92 valence electrons. The van der Waals surface area contributed by atoms with E-state index in [1.54, 1.807) is 6.26 Å². The Bertz CT molecular complexity index is 259. The topological polar surface area (TPSA) is 28.4 Å². The maximum atomic E-state index is 5.33. The Morgan fingerprint density at radius 1 is 1.50 bits per heavy atom. The molecule has 1 aromatic heterocycles. The molecule has 1 atom stereocenters. The Balaban J connectivity index is 2.15. The van der Waals surface area contributed by atoms with Crippen LogP contribution in [0.2, 0.25) is 0 Å². The first-order valence-electron chi connectivity index (χ1n) is 6.14. The van der Waals surface area contributed by atoms with Gasteiger partial charge in [0.25, 0.3) is 0 Å². The minimum absolute atomic E-state index is 0.673. The first kappa shape index (κ1) is 13.3. The van der Waals surface area contributed by atoms with Crippen molar-refractivity contribution >= 4 is 0 Å². The van der Waals surface area contributed by atoms with Crippen LogP contribution in [0.4, 0.5) is 0 Å². The zero-order chi connectivity index (χ0) is 11.8. The Labute approximate surface area is 98.8 Å². The molecule has 0 saturated heterocycles. The quantitative estimate of drug-likeness (QED) is 0.687. The number of rotatable bonds is 8. The molecule has 0 aliphatic carbocycles. The van der Waals surface area contributed by atoms with Gasteiger partial charge < -0.3 is 9.73 Å². The molecule has 1 heterocycles. The lowest BCUT2D eigenvalue weighted by Crippen LogP contribution is -2.31. The highest BCUT2D eigenvalue weighted by Crippen LogP contribution is 2.05. The van der Waals surface area contributed by atoms with Crippen LogP contribution in [-0.2, 0) is 6.54 Å². The molecule has 1 N–H and O–H groups in total. The first-order chi connectivity index (χ1) is 7.72. The van der Waals surface area contributed by atoms with Gasteiger partial charge in [0, 0.05) is 6.54 Å². The maximum absolute atomic E-state index is 5.33. The van der Waals surface area contributed by atoms with E-state index in [2.05, 4.69) is 31.1 Å². The summed E-state index contributed by atoms with van der Waals surface area (Å²) in [6, 6.07) is 3.96. The van der Waals surface area contributed by atoms with Crippen molar-refractivity contribution in [3.05, 3.63) is 24.2 Å². The summed E-state index contributed by atoms with van der Waals surface area (Å²) in [5, 5.41) is 3.45. The highest BCUT2D eigenvalue weighted by atomic mass is 16.3. The van der Waals surface area contributed by atoms with Gasteiger partial charge in [-0.1, -0.05) is 13.8 Å². The van der Waals surface area contributed by atoms with Gasteiger partial charge in [-0.2, -0.15) is 0 Å². The summed E-state index contributed by atoms with van der Waals surface area (Å²) in [7, 11) is 2.14. The summed E-state index contributed by atoms with van der Waals surface area (Å²) >= 11 is 0. The molecule has 3 nitrogen and oxygen atoms in total. The van der Waals surface area contributed by atoms with E-state index < -0.39 is 0 Å². The van der Waals surface area contributed by atoms with Crippen LogP contribution in [0.25, 0.3) is 0 Å². The molecule has 0 amide bonds. The van der Waals surface area contributed by atoms with E-state index in [4.69, 9.17) is 4.42 Å². The van der Waals surface area contributed by atoms with Crippen LogP contribution in [-0.4, -0.2) is 31.6 Å². The number of hydrogen-bond donors (Lipinski definition) is 1. The first-order valence-corrected chi connectivity index (χ1v) is 6.14. The molecule has 0 spiro atoms. The third-order valence-corrected chi connectivity index (χ3v) is 2.55. The molecule has 0 aliphatic rings. The third-order valence-electron chi connectivity index (χ3n) is 2.55. The fourth-order valence-corrected chi connectivity index (χ4v) is 1.85. The summed E-state index contributed by atoms with van der Waals surface area (Å²) in [5.74, 6) is 1.71. The summed E-state index contributed by atoms with van der Waals surface area (Å²) < 4.78 is 5.33. The lowest BCUT2D eigenvalue weighted by atomic mass is 10.1. The Hall–Kier alpha value is -0.800. The SMILES string of the molecule is CCCNCC(C)CN(C)Cc1ccco1. The van der Waals surface area contributed by atoms with Crippen LogP contribution in [0.15, 0.2) is 22.8 Å². The van der Waals surface area contributed by atoms with Crippen molar-refractivity contribution < 1.29 is 4.42 Å². The number of furan rings is 1. The van der Waals surface area contributed by atoms with Gasteiger partial charge in [-0.15, -0.1) is 0 Å². The molecule has 1 rings (SSSR count). The summed E-state index contributed by atoms with van der Waals surface area (Å²) in [4.78, 5) is 2.30. The van der Waals surface area contributed by atoms with E-state index in [1.165, 1.54) is 6.42 Å². The van der Waals surface area contributed by atoms with Crippen molar-refractivity contribution in [1.29, 1.82) is 0 Å². The predicted molar refractivity (Wildman–Crippen MR) is 67.4 cm³/mol. The fourth-order valence-electron chi connectivity index (χ4n) is 1.85. The Morgan fingerprint density at radius 3 is 2.94 bits per heavy atom. The molecule has 1 aromatic rings. The van der Waals surface area contributed by atoms with E-state index in [1.807, 2.05) is 12.1 Å². The van der Waals surface area contributed by atoms with Crippen LogP contribution in [0.1, 0.15) is 26.0 Å². The summed E-state index contributed by atoms with van der Waals surface area (Å²) in [5.41, 5.74) is 0. The summed E-state index contributed by atoms with van der Waals surface area (Å²) in [6.45, 7) is 8.67. The van der Waals surface area contributed by atoms with E-state index in [0.29, 0.717) is 5.92 Å². The van der Waals surface area contributed by atoms with E-state index >= 15 is 0 Å². The highest BCUT2D eigenvalue weighted by Gasteiger charge is 2.07. The smallest absolute Gasteiger partial charge is 0.117 e. The molecule has 0 saturated carbocycles. The van der Waals surface area contributed by atoms with Crippen molar-refractivity contribution in [2.45, 2.75) is 26.8 Å². The van der Waals surface area contributed by atoms with Gasteiger partial charge in [-0.05, 0) is 44.6 Å². The van der Waals surface area contributed by atoms with Crippen molar-refractivity contribution in [3.8, 4) is 0 Å². The van der Waals surface area contributed by atoms with E-state index in [0.717, 1.165) is 31.9 Å². The van der Waals surface area contributed by atoms with Crippen LogP contribution in [0.5, 0.6) is 0 Å². The van der Waals surface area contributed by atoms with E-state index in [-0.39, 0.29) is 0 Å². The highest BCUT2D eigenvalue weighted by molar-refractivity contribution is 4.97. The van der Waals surface area contributed by atoms with Crippen molar-refractivity contribution in [1.82, 2.24) is 10.2 Å². The molecular weight excluding hydrogens is 200 g/mol. The second kappa shape index (κ2) is 7.47. The second-order valence-electron chi connectivity index (χ2n) is 4.59. The van der Waals surface area contributed by atoms with Gasteiger partial charge in [0.2, 0.25) is 0 Å². The predicted octanol–water partition coefficient (Wildman–Crippen LogP) is 2.35. The lowest BCUT2D eigenvalue weighted by molar-refractivity contribution is 0.254. The lowest BCUT2D eigenvalue weighted by Gasteiger charge is -2.20. The van der Waals surface area contributed by atoms with Gasteiger partial charge in [0.1, 0.15) is 5.76 Å². The average Bonchev–Trinajstić information content (AvgIpc) is 2.70. The molecule has 16 heavy (non-hydrogen) atoms. The zero-order valence-electron chi connectivity index (χ0n) is 10.7. The normalized spacial score (nSPS) is 13.2. The van der Waals surface area contributed by atoms with Gasteiger partial charge in [-0.3, -0.25) is 4.90 Å².